The topological polar surface area (TPSA) is 82.2 Å². The van der Waals surface area contributed by atoms with Crippen LogP contribution in [0, 0.1) is 6.92 Å². The van der Waals surface area contributed by atoms with Crippen LogP contribution in [0.5, 0.6) is 0 Å². The van der Waals surface area contributed by atoms with Crippen LogP contribution in [-0.4, -0.2) is 28.5 Å². The number of hydrogen-bond acceptors (Lipinski definition) is 2. The molecule has 1 amide bonds. The van der Waals surface area contributed by atoms with E-state index in [0.29, 0.717) is 0 Å². The predicted molar refractivity (Wildman–Crippen MR) is 67.0 cm³/mol. The van der Waals surface area contributed by atoms with Gasteiger partial charge < -0.3 is 20.2 Å². The number of benzene rings is 1. The van der Waals surface area contributed by atoms with Gasteiger partial charge in [-0.3, -0.25) is 4.79 Å². The zero-order valence-corrected chi connectivity index (χ0v) is 12.6. The Balaban J connectivity index is 0.00000180. The molecule has 2 aromatic rings. The fraction of sp³-hybridized carbons (Fsp3) is 0.231. The normalized spacial score (nSPS) is 11.6. The first-order valence-corrected chi connectivity index (χ1v) is 5.55. The van der Waals surface area contributed by atoms with Gasteiger partial charge >= 0.3 is 5.97 Å². The van der Waals surface area contributed by atoms with Gasteiger partial charge in [-0.15, -0.1) is 0 Å². The van der Waals surface area contributed by atoms with Crippen molar-refractivity contribution in [2.75, 3.05) is 0 Å². The molecule has 5 nitrogen and oxygen atoms in total. The number of aromatic nitrogens is 1. The van der Waals surface area contributed by atoms with E-state index in [1.54, 1.807) is 0 Å². The SMILES string of the molecule is Cc1[nH]c2ccccc2c1CC(N[C-]=O)C(=O)O.[Fm]. The number of hydrogen-bond donors (Lipinski definition) is 3. The first-order valence-electron chi connectivity index (χ1n) is 5.55. The van der Waals surface area contributed by atoms with Gasteiger partial charge in [-0.05, 0) is 18.6 Å². The van der Waals surface area contributed by atoms with Crippen LogP contribution in [0.25, 0.3) is 10.9 Å². The van der Waals surface area contributed by atoms with Crippen LogP contribution in [0.2, 0.25) is 0 Å². The molecule has 1 unspecified atom stereocenters. The monoisotopic (exact) mass is 502 g/mol. The van der Waals surface area contributed by atoms with Crippen molar-refractivity contribution in [1.29, 1.82) is 0 Å². The number of fused-ring (bicyclic) bond motifs is 1. The summed E-state index contributed by atoms with van der Waals surface area (Å²) in [4.78, 5) is 24.5. The number of carbonyl (C=O) groups is 1. The van der Waals surface area contributed by atoms with Crippen LogP contribution >= 0.6 is 0 Å². The third kappa shape index (κ3) is 2.52. The number of H-pyrrole nitrogens is 1. The molecular weight excluding hydrogens is 489 g/mol. The molecule has 3 N–H and O–H groups in total. The zero-order valence-electron chi connectivity index (χ0n) is 10.1. The summed E-state index contributed by atoms with van der Waals surface area (Å²) in [5.74, 6) is -1.07. The number of aromatic amines is 1. The number of rotatable bonds is 5. The quantitative estimate of drug-likeness (QED) is 0.424. The van der Waals surface area contributed by atoms with Crippen molar-refractivity contribution in [1.82, 2.24) is 10.3 Å². The Hall–Kier alpha value is -3.30. The van der Waals surface area contributed by atoms with Gasteiger partial charge in [-0.25, -0.2) is 0 Å². The first kappa shape index (κ1) is 13.8. The van der Waals surface area contributed by atoms with E-state index in [-0.39, 0.29) is 6.42 Å². The van der Waals surface area contributed by atoms with Crippen molar-refractivity contribution in [3.05, 3.63) is 35.5 Å². The van der Waals surface area contributed by atoms with E-state index in [2.05, 4.69) is 10.3 Å². The summed E-state index contributed by atoms with van der Waals surface area (Å²) in [5, 5.41) is 12.2. The minimum Gasteiger partial charge on any atom is -0.520 e. The fourth-order valence-electron chi connectivity index (χ4n) is 2.07. The van der Waals surface area contributed by atoms with E-state index in [9.17, 15) is 9.59 Å². The minimum atomic E-state index is -1.07. The van der Waals surface area contributed by atoms with Crippen molar-refractivity contribution >= 4 is 23.3 Å². The maximum Gasteiger partial charge on any atom is 0.323 e. The molecule has 2 rings (SSSR count). The van der Waals surface area contributed by atoms with Crippen molar-refractivity contribution < 1.29 is 14.7 Å². The average molecular weight is 502 g/mol. The first-order chi connectivity index (χ1) is 8.63. The summed E-state index contributed by atoms with van der Waals surface area (Å²) >= 11 is 0. The van der Waals surface area contributed by atoms with Crippen LogP contribution in [0.3, 0.4) is 0 Å². The molecule has 0 aliphatic rings. The molecule has 106 valence electrons. The van der Waals surface area contributed by atoms with Gasteiger partial charge in [0, 0.05) is 23.0 Å². The van der Waals surface area contributed by atoms with Gasteiger partial charge in [0.1, 0.15) is 6.04 Å². The molecule has 0 bridgehead atoms. The summed E-state index contributed by atoms with van der Waals surface area (Å²) in [6.45, 7) is 1.89. The van der Waals surface area contributed by atoms with Crippen molar-refractivity contribution in [2.24, 2.45) is 0 Å². The summed E-state index contributed by atoms with van der Waals surface area (Å²) < 4.78 is 0. The largest absolute Gasteiger partial charge is 0.520 e. The number of para-hydroxylation sites is 1. The Kier molecular flexibility index (Phi) is 3.88. The Morgan fingerprint density at radius 3 is 2.79 bits per heavy atom. The Morgan fingerprint density at radius 1 is 1.47 bits per heavy atom. The second-order valence-electron chi connectivity index (χ2n) is 4.12. The molecule has 0 aliphatic carbocycles. The third-order valence-corrected chi connectivity index (χ3v) is 2.97. The Bertz CT molecular complexity index is 595. The van der Waals surface area contributed by atoms with Crippen LogP contribution in [0.1, 0.15) is 11.3 Å². The molecule has 1 aromatic carbocycles. The molecule has 1 aromatic heterocycles. The zero-order chi connectivity index (χ0) is 13.1. The number of carboxylic acid groups (broad SMARTS) is 1. The third-order valence-electron chi connectivity index (χ3n) is 2.97. The van der Waals surface area contributed by atoms with E-state index in [1.807, 2.05) is 31.2 Å². The Morgan fingerprint density at radius 2 is 2.16 bits per heavy atom. The van der Waals surface area contributed by atoms with Crippen molar-refractivity contribution in [3.63, 3.8) is 0 Å². The molecule has 1 atom stereocenters. The minimum absolute atomic E-state index is 0. The van der Waals surface area contributed by atoms with Gasteiger partial charge in [0.05, 0.1) is 0 Å². The maximum absolute atomic E-state index is 11.0. The standard InChI is InChI=1S/C13H13N2O3.Fm/c1-8-10(6-12(13(17)18)14-7-16)9-4-2-3-5-11(9)15-8;/h2-5,12,15H,6H2,1H3,(H,14,16)(H,17,18);/q-1;. The van der Waals surface area contributed by atoms with Gasteiger partial charge in [0.25, 0.3) is 0 Å². The molecule has 0 saturated carbocycles. The molecular formula is C13H13FmN2O3-. The van der Waals surface area contributed by atoms with Crippen LogP contribution in [0.4, 0.5) is 0 Å². The van der Waals surface area contributed by atoms with Crippen LogP contribution in [-0.2, 0) is 16.0 Å². The predicted octanol–water partition coefficient (Wildman–Crippen LogP) is 1.13. The van der Waals surface area contributed by atoms with E-state index in [1.165, 1.54) is 6.41 Å². The summed E-state index contributed by atoms with van der Waals surface area (Å²) in [6.07, 6.45) is 1.67. The molecule has 0 spiro atoms. The molecule has 0 radical (unpaired) electrons. The van der Waals surface area contributed by atoms with Gasteiger partial charge in [-0.1, -0.05) is 18.2 Å². The molecule has 0 aliphatic heterocycles. The van der Waals surface area contributed by atoms with E-state index >= 15 is 0 Å². The smallest absolute Gasteiger partial charge is 0.323 e. The number of carbonyl (C=O) groups excluding carboxylic acids is 1. The number of nitrogens with one attached hydrogen (secondary N) is 2. The van der Waals surface area contributed by atoms with Crippen LogP contribution < -0.4 is 5.32 Å². The number of amides is 1. The van der Waals surface area contributed by atoms with Crippen molar-refractivity contribution in [2.45, 2.75) is 19.4 Å². The molecule has 1 heterocycles. The second-order valence-corrected chi connectivity index (χ2v) is 4.12. The van der Waals surface area contributed by atoms with Gasteiger partial charge in [0.15, 0.2) is 0 Å². The summed E-state index contributed by atoms with van der Waals surface area (Å²) in [6, 6.07) is 6.71. The van der Waals surface area contributed by atoms with Crippen molar-refractivity contribution in [3.8, 4) is 0 Å². The van der Waals surface area contributed by atoms with E-state index in [0.717, 1.165) is 22.2 Å². The molecule has 0 saturated heterocycles. The molecule has 0 fully saturated rings. The molecule has 19 heavy (non-hydrogen) atoms. The fourth-order valence-corrected chi connectivity index (χ4v) is 2.07. The summed E-state index contributed by atoms with van der Waals surface area (Å²) in [7, 11) is 0. The molecule has 6 heteroatoms. The maximum atomic E-state index is 11.0. The second kappa shape index (κ2) is 5.35. The summed E-state index contributed by atoms with van der Waals surface area (Å²) in [5.41, 5.74) is 2.78. The number of carboxylic acids is 1. The van der Waals surface area contributed by atoms with Gasteiger partial charge in [-0.2, -0.15) is 6.41 Å². The number of aliphatic carboxylic acids is 1. The average Bonchev–Trinajstić information content (AvgIpc) is 2.65. The van der Waals surface area contributed by atoms with Gasteiger partial charge in [0.2, 0.25) is 0 Å². The van der Waals surface area contributed by atoms with Crippen LogP contribution in [0.15, 0.2) is 24.3 Å². The van der Waals surface area contributed by atoms with E-state index in [4.69, 9.17) is 5.11 Å². The van der Waals surface area contributed by atoms with E-state index < -0.39 is 12.0 Å². The number of aryl methyl sites for hydroxylation is 1. The Labute approximate surface area is 104 Å².